The molecule has 2 heterocycles. The number of ether oxygens (including phenoxy) is 2. The van der Waals surface area contributed by atoms with E-state index in [2.05, 4.69) is 22.3 Å². The van der Waals surface area contributed by atoms with Crippen molar-refractivity contribution in [2.24, 2.45) is 0 Å². The number of hydrogen-bond acceptors (Lipinski definition) is 4. The van der Waals surface area contributed by atoms with Crippen LogP contribution >= 0.6 is 24.8 Å². The Morgan fingerprint density at radius 2 is 1.85 bits per heavy atom. The zero-order valence-corrected chi connectivity index (χ0v) is 20.6. The number of halogens is 5. The Morgan fingerprint density at radius 3 is 2.48 bits per heavy atom. The predicted molar refractivity (Wildman–Crippen MR) is 129 cm³/mol. The Labute approximate surface area is 205 Å². The highest BCUT2D eigenvalue weighted by molar-refractivity contribution is 5.85. The topological polar surface area (TPSA) is 33.7 Å². The van der Waals surface area contributed by atoms with Crippen LogP contribution < -0.4 is 15.0 Å². The van der Waals surface area contributed by atoms with Gasteiger partial charge in [-0.1, -0.05) is 30.3 Å². The average molecular weight is 507 g/mol. The fraction of sp³-hybridized carbons (Fsp3) is 0.500. The van der Waals surface area contributed by atoms with Crippen molar-refractivity contribution < 1.29 is 22.6 Å². The van der Waals surface area contributed by atoms with Gasteiger partial charge in [0.25, 0.3) is 0 Å². The predicted octanol–water partition coefficient (Wildman–Crippen LogP) is 5.82. The number of benzene rings is 2. The van der Waals surface area contributed by atoms with Crippen molar-refractivity contribution in [1.82, 2.24) is 5.32 Å². The van der Waals surface area contributed by atoms with Crippen LogP contribution in [0.5, 0.6) is 5.75 Å². The van der Waals surface area contributed by atoms with Gasteiger partial charge in [0.15, 0.2) is 5.60 Å². The molecule has 0 bridgehead atoms. The lowest BCUT2D eigenvalue weighted by Gasteiger charge is -2.42. The van der Waals surface area contributed by atoms with Gasteiger partial charge < -0.3 is 19.7 Å². The number of hydrogen-bond donors (Lipinski definition) is 1. The van der Waals surface area contributed by atoms with Crippen LogP contribution in [0.2, 0.25) is 0 Å². The van der Waals surface area contributed by atoms with Crippen LogP contribution in [0.3, 0.4) is 0 Å². The van der Waals surface area contributed by atoms with E-state index in [1.165, 1.54) is 5.56 Å². The minimum atomic E-state index is -4.51. The molecule has 2 aliphatic heterocycles. The molecule has 4 nitrogen and oxygen atoms in total. The second-order valence-electron chi connectivity index (χ2n) is 8.47. The quantitative estimate of drug-likeness (QED) is 0.566. The monoisotopic (exact) mass is 506 g/mol. The highest BCUT2D eigenvalue weighted by Gasteiger charge is 2.56. The summed E-state index contributed by atoms with van der Waals surface area (Å²) < 4.78 is 52.9. The van der Waals surface area contributed by atoms with Gasteiger partial charge in [-0.2, -0.15) is 13.2 Å². The molecule has 0 aliphatic carbocycles. The van der Waals surface area contributed by atoms with Gasteiger partial charge >= 0.3 is 6.18 Å². The summed E-state index contributed by atoms with van der Waals surface area (Å²) in [5.74, 6) is 0.588. The number of fused-ring (bicyclic) bond motifs is 1. The molecule has 1 saturated heterocycles. The maximum absolute atomic E-state index is 14.0. The molecule has 0 amide bonds. The molecule has 9 heteroatoms. The molecule has 1 N–H and O–H groups in total. The molecule has 0 radical (unpaired) electrons. The molecule has 0 unspecified atom stereocenters. The van der Waals surface area contributed by atoms with Gasteiger partial charge in [0.2, 0.25) is 0 Å². The maximum Gasteiger partial charge on any atom is 0.421 e. The Balaban J connectivity index is 0.00000193. The van der Waals surface area contributed by atoms with Crippen LogP contribution in [0.15, 0.2) is 42.5 Å². The van der Waals surface area contributed by atoms with Crippen LogP contribution in [0.25, 0.3) is 0 Å². The fourth-order valence-electron chi connectivity index (χ4n) is 4.85. The zero-order valence-electron chi connectivity index (χ0n) is 18.9. The first-order chi connectivity index (χ1) is 14.8. The molecular formula is C24H31Cl2F3N2O2. The lowest BCUT2D eigenvalue weighted by atomic mass is 9.85. The number of likely N-dealkylation sites (N-methyl/N-ethyl adjacent to an activating group) is 1. The van der Waals surface area contributed by atoms with Gasteiger partial charge in [0, 0.05) is 13.1 Å². The van der Waals surface area contributed by atoms with E-state index in [1.54, 1.807) is 19.2 Å². The second kappa shape index (κ2) is 10.7. The van der Waals surface area contributed by atoms with E-state index in [0.717, 1.165) is 26.3 Å². The Hall–Kier alpha value is -1.67. The van der Waals surface area contributed by atoms with E-state index in [1.807, 2.05) is 25.2 Å². The first-order valence-corrected chi connectivity index (χ1v) is 10.7. The molecule has 4 rings (SSSR count). The van der Waals surface area contributed by atoms with Crippen molar-refractivity contribution in [2.45, 2.75) is 50.0 Å². The Kier molecular flexibility index (Phi) is 8.96. The van der Waals surface area contributed by atoms with E-state index >= 15 is 0 Å². The molecule has 1 fully saturated rings. The number of nitrogens with zero attached hydrogens (tertiary/aromatic N) is 1. The smallest absolute Gasteiger partial charge is 0.421 e. The van der Waals surface area contributed by atoms with Crippen LogP contribution in [0.4, 0.5) is 18.9 Å². The third-order valence-corrected chi connectivity index (χ3v) is 6.68. The van der Waals surface area contributed by atoms with Crippen molar-refractivity contribution >= 4 is 30.5 Å². The number of alkyl halides is 3. The van der Waals surface area contributed by atoms with E-state index in [-0.39, 0.29) is 49.1 Å². The van der Waals surface area contributed by atoms with Gasteiger partial charge in [-0.15, -0.1) is 24.8 Å². The summed E-state index contributed by atoms with van der Waals surface area (Å²) in [5.41, 5.74) is 0.290. The molecular weight excluding hydrogens is 476 g/mol. The van der Waals surface area contributed by atoms with Crippen LogP contribution in [-0.2, 0) is 16.8 Å². The number of rotatable bonds is 4. The van der Waals surface area contributed by atoms with E-state index in [4.69, 9.17) is 9.47 Å². The van der Waals surface area contributed by atoms with Crippen molar-refractivity contribution in [3.8, 4) is 5.75 Å². The SMILES string of the molecule is COc1cc2c(cc1N(C)[C@H]1CCCN[C@H]1c1ccccc1)[C@](C)(C(F)(F)F)OCC2.Cl.Cl. The van der Waals surface area contributed by atoms with Crippen LogP contribution in [0.1, 0.15) is 42.5 Å². The van der Waals surface area contributed by atoms with Crippen molar-refractivity contribution in [2.75, 3.05) is 32.2 Å². The number of methoxy groups -OCH3 is 1. The molecule has 184 valence electrons. The minimum Gasteiger partial charge on any atom is -0.495 e. The average Bonchev–Trinajstić information content (AvgIpc) is 2.78. The van der Waals surface area contributed by atoms with Gasteiger partial charge in [-0.3, -0.25) is 0 Å². The summed E-state index contributed by atoms with van der Waals surface area (Å²) in [7, 11) is 3.50. The lowest BCUT2D eigenvalue weighted by Crippen LogP contribution is -2.48. The Morgan fingerprint density at radius 1 is 1.15 bits per heavy atom. The molecule has 2 aromatic carbocycles. The molecule has 3 atom stereocenters. The lowest BCUT2D eigenvalue weighted by molar-refractivity contribution is -0.281. The summed E-state index contributed by atoms with van der Waals surface area (Å²) in [4.78, 5) is 2.06. The molecule has 33 heavy (non-hydrogen) atoms. The molecule has 0 spiro atoms. The summed E-state index contributed by atoms with van der Waals surface area (Å²) in [6.07, 6.45) is -2.16. The normalized spacial score (nSPS) is 24.7. The van der Waals surface area contributed by atoms with E-state index in [0.29, 0.717) is 23.4 Å². The van der Waals surface area contributed by atoms with Crippen LogP contribution in [0, 0.1) is 0 Å². The van der Waals surface area contributed by atoms with E-state index < -0.39 is 11.8 Å². The molecule has 2 aromatic rings. The first kappa shape index (κ1) is 27.6. The standard InChI is InChI=1S/C24H29F3N2O2.2ClH/c1-23(24(25,26)27)18-15-20(21(30-3)14-17(18)11-13-31-23)29(2)19-10-7-12-28-22(19)16-8-5-4-6-9-16;;/h4-6,8-9,14-15,19,22,28H,7,10-13H2,1-3H3;2*1H/t19-,22-,23+;;/m0../s1. The van der Waals surface area contributed by atoms with Crippen molar-refractivity contribution in [1.29, 1.82) is 0 Å². The highest BCUT2D eigenvalue weighted by Crippen LogP contribution is 2.48. The Bertz CT molecular complexity index is 930. The largest absolute Gasteiger partial charge is 0.495 e. The van der Waals surface area contributed by atoms with Gasteiger partial charge in [0.1, 0.15) is 5.75 Å². The maximum atomic E-state index is 14.0. The summed E-state index contributed by atoms with van der Waals surface area (Å²) in [6, 6.07) is 13.7. The number of anilines is 1. The zero-order chi connectivity index (χ0) is 22.2. The summed E-state index contributed by atoms with van der Waals surface area (Å²) in [6.45, 7) is 2.06. The second-order valence-corrected chi connectivity index (χ2v) is 8.47. The molecule has 0 saturated carbocycles. The van der Waals surface area contributed by atoms with Gasteiger partial charge in [0.05, 0.1) is 25.4 Å². The molecule has 2 aliphatic rings. The van der Waals surface area contributed by atoms with E-state index in [9.17, 15) is 13.2 Å². The highest BCUT2D eigenvalue weighted by atomic mass is 35.5. The minimum absolute atomic E-state index is 0. The van der Waals surface area contributed by atoms with Crippen LogP contribution in [-0.4, -0.2) is 39.5 Å². The van der Waals surface area contributed by atoms with Crippen molar-refractivity contribution in [3.05, 3.63) is 59.2 Å². The van der Waals surface area contributed by atoms with Crippen molar-refractivity contribution in [3.63, 3.8) is 0 Å². The van der Waals surface area contributed by atoms with Gasteiger partial charge in [-0.05, 0) is 61.6 Å². The molecule has 0 aromatic heterocycles. The first-order valence-electron chi connectivity index (χ1n) is 10.7. The number of nitrogens with one attached hydrogen (secondary N) is 1. The summed E-state index contributed by atoms with van der Waals surface area (Å²) in [5, 5.41) is 3.59. The van der Waals surface area contributed by atoms with Gasteiger partial charge in [-0.25, -0.2) is 0 Å². The fourth-order valence-corrected chi connectivity index (χ4v) is 4.85. The number of piperidine rings is 1. The third kappa shape index (κ3) is 5.06. The third-order valence-electron chi connectivity index (χ3n) is 6.68. The summed E-state index contributed by atoms with van der Waals surface area (Å²) >= 11 is 0.